The fraction of sp³-hybridized carbons (Fsp3) is 0.273. The molecule has 1 aliphatic heterocycles. The van der Waals surface area contributed by atoms with Gasteiger partial charge < -0.3 is 10.1 Å². The summed E-state index contributed by atoms with van der Waals surface area (Å²) in [5.74, 6) is -0.456. The van der Waals surface area contributed by atoms with E-state index in [4.69, 9.17) is 10.00 Å². The molecule has 7 nitrogen and oxygen atoms in total. The molecule has 1 fully saturated rings. The van der Waals surface area contributed by atoms with Crippen LogP contribution >= 0.6 is 0 Å². The van der Waals surface area contributed by atoms with Crippen LogP contribution in [-0.4, -0.2) is 34.1 Å². The number of carbonyl (C=O) groups is 1. The first-order chi connectivity index (χ1) is 14.4. The average molecular weight is 405 g/mol. The van der Waals surface area contributed by atoms with E-state index in [-0.39, 0.29) is 29.9 Å². The first-order valence-electron chi connectivity index (χ1n) is 9.51. The molecule has 1 aromatic heterocycles. The lowest BCUT2D eigenvalue weighted by atomic mass is 9.80. The molecule has 1 amide bonds. The first-order valence-corrected chi connectivity index (χ1v) is 9.51. The molecule has 0 saturated carbocycles. The molecule has 2 aromatic carbocycles. The fourth-order valence-corrected chi connectivity index (χ4v) is 3.31. The van der Waals surface area contributed by atoms with Crippen molar-refractivity contribution >= 4 is 11.7 Å². The van der Waals surface area contributed by atoms with Gasteiger partial charge in [0.25, 0.3) is 0 Å². The van der Waals surface area contributed by atoms with Crippen molar-refractivity contribution in [2.24, 2.45) is 0 Å². The molecular formula is C22H20FN5O2. The average Bonchev–Trinajstić information content (AvgIpc) is 3.13. The molecule has 0 bridgehead atoms. The maximum absolute atomic E-state index is 13.7. The molecule has 8 heteroatoms. The van der Waals surface area contributed by atoms with Crippen LogP contribution in [0.15, 0.2) is 48.7 Å². The van der Waals surface area contributed by atoms with Gasteiger partial charge in [0, 0.05) is 5.41 Å². The Morgan fingerprint density at radius 3 is 2.63 bits per heavy atom. The summed E-state index contributed by atoms with van der Waals surface area (Å²) in [4.78, 5) is 13.7. The molecule has 30 heavy (non-hydrogen) atoms. The molecule has 4 rings (SSSR count). The van der Waals surface area contributed by atoms with E-state index in [0.29, 0.717) is 11.4 Å². The summed E-state index contributed by atoms with van der Waals surface area (Å²) < 4.78 is 19.0. The van der Waals surface area contributed by atoms with Crippen LogP contribution in [0, 0.1) is 17.1 Å². The zero-order valence-electron chi connectivity index (χ0n) is 16.4. The highest BCUT2D eigenvalue weighted by Crippen LogP contribution is 2.31. The number of halogens is 1. The van der Waals surface area contributed by atoms with E-state index < -0.39 is 5.82 Å². The molecule has 1 aliphatic rings. The maximum atomic E-state index is 13.7. The molecule has 0 unspecified atom stereocenters. The van der Waals surface area contributed by atoms with Gasteiger partial charge in [-0.1, -0.05) is 37.3 Å². The van der Waals surface area contributed by atoms with Crippen LogP contribution in [0.2, 0.25) is 0 Å². The highest BCUT2D eigenvalue weighted by atomic mass is 19.1. The van der Waals surface area contributed by atoms with Gasteiger partial charge in [0.2, 0.25) is 5.91 Å². The standard InChI is InChI=1S/C22H20FN5O2/c1-22(13-30-14-22)18-6-3-15(4-7-18)9-21(29)26-20-11-25-28(27-20)12-16-2-5-17(10-24)19(23)8-16/h2-8,11H,9,12-14H2,1H3,(H,26,27,29). The number of benzene rings is 2. The summed E-state index contributed by atoms with van der Waals surface area (Å²) in [6, 6.07) is 14.1. The van der Waals surface area contributed by atoms with E-state index in [2.05, 4.69) is 22.4 Å². The molecule has 0 radical (unpaired) electrons. The minimum Gasteiger partial charge on any atom is -0.379 e. The second kappa shape index (κ2) is 8.05. The van der Waals surface area contributed by atoms with Crippen molar-refractivity contribution in [1.29, 1.82) is 5.26 Å². The number of rotatable bonds is 6. The van der Waals surface area contributed by atoms with Crippen LogP contribution in [0.25, 0.3) is 0 Å². The Morgan fingerprint density at radius 2 is 2.00 bits per heavy atom. The molecule has 3 aromatic rings. The van der Waals surface area contributed by atoms with E-state index in [1.165, 1.54) is 28.7 Å². The Kier molecular flexibility index (Phi) is 5.29. The van der Waals surface area contributed by atoms with Crippen molar-refractivity contribution in [2.75, 3.05) is 18.5 Å². The number of hydrogen-bond donors (Lipinski definition) is 1. The highest BCUT2D eigenvalue weighted by molar-refractivity contribution is 5.91. The number of nitriles is 1. The Bertz CT molecular complexity index is 1110. The third kappa shape index (κ3) is 4.21. The summed E-state index contributed by atoms with van der Waals surface area (Å²) in [5.41, 5.74) is 2.78. The van der Waals surface area contributed by atoms with Gasteiger partial charge in [-0.05, 0) is 28.8 Å². The van der Waals surface area contributed by atoms with Crippen LogP contribution < -0.4 is 5.32 Å². The molecule has 0 spiro atoms. The number of nitrogens with one attached hydrogen (secondary N) is 1. The minimum absolute atomic E-state index is 0.0108. The molecule has 1 N–H and O–H groups in total. The lowest BCUT2D eigenvalue weighted by Crippen LogP contribution is -2.43. The lowest BCUT2D eigenvalue weighted by molar-refractivity contribution is -0.115. The minimum atomic E-state index is -0.583. The van der Waals surface area contributed by atoms with Crippen LogP contribution in [0.4, 0.5) is 10.2 Å². The van der Waals surface area contributed by atoms with Crippen molar-refractivity contribution < 1.29 is 13.9 Å². The largest absolute Gasteiger partial charge is 0.379 e. The van der Waals surface area contributed by atoms with Gasteiger partial charge >= 0.3 is 0 Å². The van der Waals surface area contributed by atoms with Gasteiger partial charge in [-0.3, -0.25) is 4.79 Å². The summed E-state index contributed by atoms with van der Waals surface area (Å²) in [7, 11) is 0. The predicted molar refractivity (Wildman–Crippen MR) is 107 cm³/mol. The van der Waals surface area contributed by atoms with Crippen LogP contribution in [0.1, 0.15) is 29.2 Å². The second-order valence-corrected chi connectivity index (χ2v) is 7.66. The fourth-order valence-electron chi connectivity index (χ4n) is 3.31. The molecule has 152 valence electrons. The third-order valence-electron chi connectivity index (χ3n) is 5.14. The molecule has 2 heterocycles. The quantitative estimate of drug-likeness (QED) is 0.681. The first kappa shape index (κ1) is 19.7. The van der Waals surface area contributed by atoms with Gasteiger partial charge in [0.05, 0.1) is 37.9 Å². The number of nitrogens with zero attached hydrogens (tertiary/aromatic N) is 4. The van der Waals surface area contributed by atoms with Gasteiger partial charge in [0.15, 0.2) is 5.82 Å². The van der Waals surface area contributed by atoms with Gasteiger partial charge in [-0.25, -0.2) is 4.39 Å². The Balaban J connectivity index is 1.33. The SMILES string of the molecule is CC1(c2ccc(CC(=O)Nc3cnn(Cc4ccc(C#N)c(F)c4)n3)cc2)COC1. The number of carbonyl (C=O) groups excluding carboxylic acids is 1. The predicted octanol–water partition coefficient (Wildman–Crippen LogP) is 2.81. The van der Waals surface area contributed by atoms with Gasteiger partial charge in [-0.2, -0.15) is 15.2 Å². The van der Waals surface area contributed by atoms with Crippen LogP contribution in [0.3, 0.4) is 0 Å². The molecular weight excluding hydrogens is 385 g/mol. The summed E-state index contributed by atoms with van der Waals surface area (Å²) in [5, 5.41) is 19.8. The Morgan fingerprint density at radius 1 is 1.27 bits per heavy atom. The van der Waals surface area contributed by atoms with E-state index >= 15 is 0 Å². The highest BCUT2D eigenvalue weighted by Gasteiger charge is 2.34. The third-order valence-corrected chi connectivity index (χ3v) is 5.14. The van der Waals surface area contributed by atoms with Crippen LogP contribution in [-0.2, 0) is 27.9 Å². The molecule has 0 aliphatic carbocycles. The number of ether oxygens (including phenoxy) is 1. The number of aromatic nitrogens is 3. The number of amides is 1. The summed E-state index contributed by atoms with van der Waals surface area (Å²) >= 11 is 0. The van der Waals surface area contributed by atoms with Crippen molar-refractivity contribution in [3.05, 3.63) is 76.7 Å². The van der Waals surface area contributed by atoms with Crippen molar-refractivity contribution in [2.45, 2.75) is 25.3 Å². The van der Waals surface area contributed by atoms with Crippen molar-refractivity contribution in [3.8, 4) is 6.07 Å². The zero-order chi connectivity index (χ0) is 21.1. The second-order valence-electron chi connectivity index (χ2n) is 7.66. The van der Waals surface area contributed by atoms with E-state index in [1.54, 1.807) is 12.1 Å². The Labute approximate surface area is 173 Å². The molecule has 0 atom stereocenters. The smallest absolute Gasteiger partial charge is 0.230 e. The topological polar surface area (TPSA) is 92.8 Å². The summed E-state index contributed by atoms with van der Waals surface area (Å²) in [6.07, 6.45) is 1.67. The maximum Gasteiger partial charge on any atom is 0.230 e. The van der Waals surface area contributed by atoms with Gasteiger partial charge in [0.1, 0.15) is 11.9 Å². The Hall–Kier alpha value is -3.57. The molecule has 1 saturated heterocycles. The van der Waals surface area contributed by atoms with Crippen molar-refractivity contribution in [3.63, 3.8) is 0 Å². The van der Waals surface area contributed by atoms with Crippen LogP contribution in [0.5, 0.6) is 0 Å². The number of hydrogen-bond acceptors (Lipinski definition) is 5. The van der Waals surface area contributed by atoms with Crippen molar-refractivity contribution in [1.82, 2.24) is 15.0 Å². The summed E-state index contributed by atoms with van der Waals surface area (Å²) in [6.45, 7) is 3.82. The van der Waals surface area contributed by atoms with E-state index in [9.17, 15) is 9.18 Å². The zero-order valence-corrected chi connectivity index (χ0v) is 16.4. The van der Waals surface area contributed by atoms with E-state index in [1.807, 2.05) is 24.3 Å². The van der Waals surface area contributed by atoms with E-state index in [0.717, 1.165) is 18.8 Å². The lowest BCUT2D eigenvalue weighted by Gasteiger charge is -2.38. The monoisotopic (exact) mass is 405 g/mol. The number of anilines is 1. The van der Waals surface area contributed by atoms with Gasteiger partial charge in [-0.15, -0.1) is 5.10 Å². The normalized spacial score (nSPS) is 14.6.